The van der Waals surface area contributed by atoms with Gasteiger partial charge in [0, 0.05) is 10.6 Å². The average molecular weight is 241 g/mol. The van der Waals surface area contributed by atoms with Gasteiger partial charge in [-0.2, -0.15) is 0 Å². The Labute approximate surface area is 101 Å². The van der Waals surface area contributed by atoms with Gasteiger partial charge in [0.2, 0.25) is 0 Å². The van der Waals surface area contributed by atoms with Crippen LogP contribution in [0.2, 0.25) is 5.02 Å². The van der Waals surface area contributed by atoms with Gasteiger partial charge in [-0.25, -0.2) is 0 Å². The summed E-state index contributed by atoms with van der Waals surface area (Å²) in [5, 5.41) is 10.7. The van der Waals surface area contributed by atoms with Gasteiger partial charge in [-0.15, -0.1) is 0 Å². The van der Waals surface area contributed by atoms with Crippen LogP contribution >= 0.6 is 11.6 Å². The van der Waals surface area contributed by atoms with Crippen LogP contribution in [0, 0.1) is 5.92 Å². The second-order valence-corrected chi connectivity index (χ2v) is 4.86. The van der Waals surface area contributed by atoms with Crippen LogP contribution in [0.4, 0.5) is 0 Å². The Morgan fingerprint density at radius 3 is 2.88 bits per heavy atom. The molecule has 0 radical (unpaired) electrons. The molecule has 2 rings (SSSR count). The first-order chi connectivity index (χ1) is 7.70. The summed E-state index contributed by atoms with van der Waals surface area (Å²) in [5.41, 5.74) is 0.802. The molecular weight excluding hydrogens is 224 g/mol. The number of rotatable bonds is 5. The number of methoxy groups -OCH3 is 1. The lowest BCUT2D eigenvalue weighted by atomic mass is 10.0. The Morgan fingerprint density at radius 1 is 1.50 bits per heavy atom. The maximum atomic E-state index is 10.1. The summed E-state index contributed by atoms with van der Waals surface area (Å²) < 4.78 is 5.23. The van der Waals surface area contributed by atoms with Crippen LogP contribution in [0.3, 0.4) is 0 Å². The predicted octanol–water partition coefficient (Wildman–Crippen LogP) is 3.57. The van der Waals surface area contributed by atoms with Crippen molar-refractivity contribution >= 4 is 11.6 Å². The minimum absolute atomic E-state index is 0.464. The molecule has 2 nitrogen and oxygen atoms in total. The smallest absolute Gasteiger partial charge is 0.124 e. The standard InChI is InChI=1S/C13H17ClO2/c1-16-13-7-5-10(14)8-11(13)12(15)6-4-9-2-3-9/h5,7-9,12,15H,2-4,6H2,1H3. The number of aliphatic hydroxyl groups excluding tert-OH is 1. The molecular formula is C13H17ClO2. The minimum atomic E-state index is -0.464. The number of hydrogen-bond donors (Lipinski definition) is 1. The molecule has 1 fully saturated rings. The van der Waals surface area contributed by atoms with Crippen molar-refractivity contribution < 1.29 is 9.84 Å². The summed E-state index contributed by atoms with van der Waals surface area (Å²) in [7, 11) is 1.61. The zero-order chi connectivity index (χ0) is 11.5. The van der Waals surface area contributed by atoms with Crippen molar-refractivity contribution in [2.75, 3.05) is 7.11 Å². The number of aliphatic hydroxyl groups is 1. The van der Waals surface area contributed by atoms with Crippen LogP contribution in [-0.4, -0.2) is 12.2 Å². The Balaban J connectivity index is 2.06. The first-order valence-corrected chi connectivity index (χ1v) is 6.10. The van der Waals surface area contributed by atoms with Gasteiger partial charge in [0.05, 0.1) is 13.2 Å². The maximum absolute atomic E-state index is 10.1. The van der Waals surface area contributed by atoms with Gasteiger partial charge >= 0.3 is 0 Å². The van der Waals surface area contributed by atoms with Crippen molar-refractivity contribution in [3.05, 3.63) is 28.8 Å². The SMILES string of the molecule is COc1ccc(Cl)cc1C(O)CCC1CC1. The third-order valence-electron chi connectivity index (χ3n) is 3.10. The molecule has 1 N–H and O–H groups in total. The maximum Gasteiger partial charge on any atom is 0.124 e. The number of ether oxygens (including phenoxy) is 1. The molecule has 0 bridgehead atoms. The van der Waals surface area contributed by atoms with E-state index in [1.807, 2.05) is 0 Å². The summed E-state index contributed by atoms with van der Waals surface area (Å²) in [5.74, 6) is 1.55. The number of benzene rings is 1. The Morgan fingerprint density at radius 2 is 2.25 bits per heavy atom. The van der Waals surface area contributed by atoms with Crippen molar-refractivity contribution in [3.63, 3.8) is 0 Å². The first-order valence-electron chi connectivity index (χ1n) is 5.72. The Bertz CT molecular complexity index is 361. The lowest BCUT2D eigenvalue weighted by molar-refractivity contribution is 0.158. The van der Waals surface area contributed by atoms with E-state index in [2.05, 4.69) is 0 Å². The Kier molecular flexibility index (Phi) is 3.72. The van der Waals surface area contributed by atoms with Gasteiger partial charge in [-0.05, 0) is 37.0 Å². The van der Waals surface area contributed by atoms with Crippen LogP contribution in [-0.2, 0) is 0 Å². The van der Waals surface area contributed by atoms with Gasteiger partial charge in [-0.1, -0.05) is 24.4 Å². The second-order valence-electron chi connectivity index (χ2n) is 4.42. The highest BCUT2D eigenvalue weighted by Crippen LogP contribution is 2.37. The molecule has 0 spiro atoms. The molecule has 1 atom stereocenters. The van der Waals surface area contributed by atoms with E-state index in [4.69, 9.17) is 16.3 Å². The quantitative estimate of drug-likeness (QED) is 0.853. The van der Waals surface area contributed by atoms with E-state index in [0.29, 0.717) is 10.8 Å². The first kappa shape index (κ1) is 11.7. The monoisotopic (exact) mass is 240 g/mol. The van der Waals surface area contributed by atoms with Crippen molar-refractivity contribution in [2.24, 2.45) is 5.92 Å². The van der Waals surface area contributed by atoms with E-state index >= 15 is 0 Å². The van der Waals surface area contributed by atoms with E-state index in [1.54, 1.807) is 25.3 Å². The minimum Gasteiger partial charge on any atom is -0.496 e. The molecule has 3 heteroatoms. The average Bonchev–Trinajstić information content (AvgIpc) is 3.09. The van der Waals surface area contributed by atoms with Crippen molar-refractivity contribution in [1.82, 2.24) is 0 Å². The lowest BCUT2D eigenvalue weighted by Crippen LogP contribution is -2.01. The molecule has 0 amide bonds. The van der Waals surface area contributed by atoms with E-state index in [1.165, 1.54) is 12.8 Å². The summed E-state index contributed by atoms with van der Waals surface area (Å²) >= 11 is 5.93. The molecule has 1 unspecified atom stereocenters. The molecule has 1 aliphatic carbocycles. The fourth-order valence-corrected chi connectivity index (χ4v) is 2.10. The zero-order valence-corrected chi connectivity index (χ0v) is 10.2. The molecule has 1 saturated carbocycles. The molecule has 88 valence electrons. The molecule has 1 aromatic rings. The summed E-state index contributed by atoms with van der Waals surface area (Å²) in [6.45, 7) is 0. The third kappa shape index (κ3) is 2.89. The lowest BCUT2D eigenvalue weighted by Gasteiger charge is -2.14. The summed E-state index contributed by atoms with van der Waals surface area (Å²) in [6.07, 6.45) is 4.06. The third-order valence-corrected chi connectivity index (χ3v) is 3.33. The van der Waals surface area contributed by atoms with Crippen molar-refractivity contribution in [1.29, 1.82) is 0 Å². The van der Waals surface area contributed by atoms with E-state index in [0.717, 1.165) is 24.3 Å². The summed E-state index contributed by atoms with van der Waals surface area (Å²) in [6, 6.07) is 5.37. The molecule has 0 aromatic heterocycles. The largest absolute Gasteiger partial charge is 0.496 e. The highest BCUT2D eigenvalue weighted by atomic mass is 35.5. The number of halogens is 1. The molecule has 1 aliphatic rings. The topological polar surface area (TPSA) is 29.5 Å². The molecule has 16 heavy (non-hydrogen) atoms. The van der Waals surface area contributed by atoms with Crippen LogP contribution in [0.5, 0.6) is 5.75 Å². The Hall–Kier alpha value is -0.730. The van der Waals surface area contributed by atoms with Gasteiger partial charge in [0.25, 0.3) is 0 Å². The molecule has 0 heterocycles. The molecule has 0 saturated heterocycles. The number of hydrogen-bond acceptors (Lipinski definition) is 2. The zero-order valence-electron chi connectivity index (χ0n) is 9.45. The molecule has 1 aromatic carbocycles. The normalized spacial score (nSPS) is 17.2. The predicted molar refractivity (Wildman–Crippen MR) is 64.9 cm³/mol. The van der Waals surface area contributed by atoms with Gasteiger partial charge in [0.1, 0.15) is 5.75 Å². The van der Waals surface area contributed by atoms with Crippen LogP contribution in [0.1, 0.15) is 37.4 Å². The highest BCUT2D eigenvalue weighted by molar-refractivity contribution is 6.30. The van der Waals surface area contributed by atoms with Gasteiger partial charge in [0.15, 0.2) is 0 Å². The van der Waals surface area contributed by atoms with Crippen molar-refractivity contribution in [3.8, 4) is 5.75 Å². The van der Waals surface area contributed by atoms with Gasteiger partial charge in [-0.3, -0.25) is 0 Å². The van der Waals surface area contributed by atoms with Crippen LogP contribution in [0.15, 0.2) is 18.2 Å². The van der Waals surface area contributed by atoms with E-state index in [-0.39, 0.29) is 0 Å². The molecule has 0 aliphatic heterocycles. The fraction of sp³-hybridized carbons (Fsp3) is 0.538. The summed E-state index contributed by atoms with van der Waals surface area (Å²) in [4.78, 5) is 0. The van der Waals surface area contributed by atoms with E-state index in [9.17, 15) is 5.11 Å². The fourth-order valence-electron chi connectivity index (χ4n) is 1.92. The van der Waals surface area contributed by atoms with Crippen LogP contribution < -0.4 is 4.74 Å². The van der Waals surface area contributed by atoms with Gasteiger partial charge < -0.3 is 9.84 Å². The van der Waals surface area contributed by atoms with Crippen molar-refractivity contribution in [2.45, 2.75) is 31.8 Å². The van der Waals surface area contributed by atoms with Crippen LogP contribution in [0.25, 0.3) is 0 Å². The second kappa shape index (κ2) is 5.07. The highest BCUT2D eigenvalue weighted by Gasteiger charge is 2.23. The van der Waals surface area contributed by atoms with E-state index < -0.39 is 6.10 Å².